The molecular formula is C15H28ClN3O5S. The van der Waals surface area contributed by atoms with Gasteiger partial charge < -0.3 is 20.3 Å². The molecule has 10 heteroatoms. The van der Waals surface area contributed by atoms with Crippen molar-refractivity contribution in [2.75, 3.05) is 44.3 Å². The number of ether oxygens (including phenoxy) is 1. The Morgan fingerprint density at radius 1 is 1.28 bits per heavy atom. The van der Waals surface area contributed by atoms with Crippen molar-refractivity contribution in [1.29, 1.82) is 0 Å². The van der Waals surface area contributed by atoms with E-state index in [4.69, 9.17) is 4.74 Å². The average molecular weight is 398 g/mol. The van der Waals surface area contributed by atoms with Crippen LogP contribution in [0.15, 0.2) is 0 Å². The maximum atomic E-state index is 12.2. The molecule has 2 saturated heterocycles. The first kappa shape index (κ1) is 22.1. The normalized spacial score (nSPS) is 24.5. The predicted octanol–water partition coefficient (Wildman–Crippen LogP) is -0.671. The lowest BCUT2D eigenvalue weighted by molar-refractivity contribution is -0.135. The van der Waals surface area contributed by atoms with E-state index in [-0.39, 0.29) is 61.0 Å². The van der Waals surface area contributed by atoms with Crippen molar-refractivity contribution in [2.24, 2.45) is 0 Å². The molecule has 0 radical (unpaired) electrons. The van der Waals surface area contributed by atoms with Gasteiger partial charge in [0, 0.05) is 25.7 Å². The third kappa shape index (κ3) is 7.47. The second kappa shape index (κ2) is 10.3. The minimum Gasteiger partial charge on any atom is -0.377 e. The van der Waals surface area contributed by atoms with Gasteiger partial charge >= 0.3 is 0 Å². The van der Waals surface area contributed by atoms with Crippen molar-refractivity contribution in [3.63, 3.8) is 0 Å². The van der Waals surface area contributed by atoms with Gasteiger partial charge in [0.15, 0.2) is 9.84 Å². The molecule has 2 atom stereocenters. The van der Waals surface area contributed by atoms with Crippen LogP contribution in [0, 0.1) is 0 Å². The zero-order valence-electron chi connectivity index (χ0n) is 14.5. The van der Waals surface area contributed by atoms with E-state index in [0.29, 0.717) is 19.5 Å². The largest absolute Gasteiger partial charge is 0.377 e. The summed E-state index contributed by atoms with van der Waals surface area (Å²) in [5.74, 6) is -0.361. The van der Waals surface area contributed by atoms with Crippen LogP contribution in [-0.4, -0.2) is 81.6 Å². The smallest absolute Gasteiger partial charge is 0.239 e. The molecule has 2 rings (SSSR count). The molecule has 2 amide bonds. The highest BCUT2D eigenvalue weighted by molar-refractivity contribution is 7.91. The summed E-state index contributed by atoms with van der Waals surface area (Å²) in [6, 6.07) is -0.339. The van der Waals surface area contributed by atoms with Gasteiger partial charge in [-0.15, -0.1) is 12.4 Å². The van der Waals surface area contributed by atoms with Gasteiger partial charge in [-0.1, -0.05) is 0 Å². The van der Waals surface area contributed by atoms with Crippen molar-refractivity contribution >= 4 is 34.1 Å². The van der Waals surface area contributed by atoms with E-state index in [9.17, 15) is 18.0 Å². The molecule has 0 saturated carbocycles. The first-order valence-corrected chi connectivity index (χ1v) is 10.3. The molecular weight excluding hydrogens is 370 g/mol. The quantitative estimate of drug-likeness (QED) is 0.562. The van der Waals surface area contributed by atoms with Crippen molar-refractivity contribution < 1.29 is 22.7 Å². The van der Waals surface area contributed by atoms with Crippen LogP contribution in [0.4, 0.5) is 0 Å². The van der Waals surface area contributed by atoms with Crippen LogP contribution < -0.4 is 10.6 Å². The molecule has 0 bridgehead atoms. The molecule has 25 heavy (non-hydrogen) atoms. The van der Waals surface area contributed by atoms with Crippen molar-refractivity contribution in [2.45, 2.75) is 38.3 Å². The SMILES string of the molecule is CCN(CC(=O)NC1CCS(=O)(=O)C1)C(=O)CNCC1CCCO1.Cl. The Bertz CT molecular complexity index is 551. The minimum atomic E-state index is -3.03. The lowest BCUT2D eigenvalue weighted by Crippen LogP contribution is -2.47. The lowest BCUT2D eigenvalue weighted by atomic mass is 10.2. The number of amides is 2. The number of carbonyl (C=O) groups is 2. The van der Waals surface area contributed by atoms with Crippen LogP contribution in [0.3, 0.4) is 0 Å². The van der Waals surface area contributed by atoms with Gasteiger partial charge in [-0.25, -0.2) is 8.42 Å². The van der Waals surface area contributed by atoms with E-state index in [1.165, 1.54) is 4.90 Å². The zero-order chi connectivity index (χ0) is 17.6. The molecule has 2 fully saturated rings. The highest BCUT2D eigenvalue weighted by atomic mass is 35.5. The number of nitrogens with zero attached hydrogens (tertiary/aromatic N) is 1. The fourth-order valence-electron chi connectivity index (χ4n) is 2.99. The predicted molar refractivity (Wildman–Crippen MR) is 96.5 cm³/mol. The van der Waals surface area contributed by atoms with E-state index in [1.807, 2.05) is 6.92 Å². The third-order valence-corrected chi connectivity index (χ3v) is 6.11. The summed E-state index contributed by atoms with van der Waals surface area (Å²) in [5.41, 5.74) is 0. The second-order valence-corrected chi connectivity index (χ2v) is 8.57. The Morgan fingerprint density at radius 2 is 2.04 bits per heavy atom. The van der Waals surface area contributed by atoms with Gasteiger partial charge in [0.05, 0.1) is 30.7 Å². The van der Waals surface area contributed by atoms with Crippen molar-refractivity contribution in [3.05, 3.63) is 0 Å². The number of hydrogen-bond donors (Lipinski definition) is 2. The molecule has 2 unspecified atom stereocenters. The Balaban J connectivity index is 0.00000312. The van der Waals surface area contributed by atoms with Crippen LogP contribution in [0.5, 0.6) is 0 Å². The van der Waals surface area contributed by atoms with E-state index in [1.54, 1.807) is 0 Å². The first-order chi connectivity index (χ1) is 11.4. The molecule has 2 heterocycles. The summed E-state index contributed by atoms with van der Waals surface area (Å²) in [5, 5.41) is 5.77. The number of rotatable bonds is 8. The summed E-state index contributed by atoms with van der Waals surface area (Å²) >= 11 is 0. The number of sulfone groups is 1. The van der Waals surface area contributed by atoms with Gasteiger partial charge in [-0.05, 0) is 26.2 Å². The van der Waals surface area contributed by atoms with Crippen LogP contribution in [0.1, 0.15) is 26.2 Å². The fraction of sp³-hybridized carbons (Fsp3) is 0.867. The maximum absolute atomic E-state index is 12.2. The monoisotopic (exact) mass is 397 g/mol. The zero-order valence-corrected chi connectivity index (χ0v) is 16.2. The molecule has 0 spiro atoms. The van der Waals surface area contributed by atoms with Gasteiger partial charge in [-0.2, -0.15) is 0 Å². The number of nitrogens with one attached hydrogen (secondary N) is 2. The summed E-state index contributed by atoms with van der Waals surface area (Å²) in [4.78, 5) is 25.7. The topological polar surface area (TPSA) is 105 Å². The third-order valence-electron chi connectivity index (χ3n) is 4.34. The van der Waals surface area contributed by atoms with Crippen molar-refractivity contribution in [1.82, 2.24) is 15.5 Å². The molecule has 0 aromatic heterocycles. The van der Waals surface area contributed by atoms with E-state index in [2.05, 4.69) is 10.6 Å². The number of halogens is 1. The summed E-state index contributed by atoms with van der Waals surface area (Å²) < 4.78 is 28.3. The highest BCUT2D eigenvalue weighted by Gasteiger charge is 2.29. The van der Waals surface area contributed by atoms with Crippen LogP contribution >= 0.6 is 12.4 Å². The van der Waals surface area contributed by atoms with E-state index in [0.717, 1.165) is 19.4 Å². The van der Waals surface area contributed by atoms with Gasteiger partial charge in [-0.3, -0.25) is 9.59 Å². The Kier molecular flexibility index (Phi) is 9.12. The van der Waals surface area contributed by atoms with Crippen molar-refractivity contribution in [3.8, 4) is 0 Å². The minimum absolute atomic E-state index is 0. The summed E-state index contributed by atoms with van der Waals surface area (Å²) in [7, 11) is -3.03. The number of carbonyl (C=O) groups excluding carboxylic acids is 2. The van der Waals surface area contributed by atoms with Gasteiger partial charge in [0.2, 0.25) is 11.8 Å². The molecule has 146 valence electrons. The molecule has 0 aromatic carbocycles. The molecule has 0 aromatic rings. The Labute approximate surface area is 155 Å². The van der Waals surface area contributed by atoms with Gasteiger partial charge in [0.25, 0.3) is 0 Å². The Morgan fingerprint density at radius 3 is 2.60 bits per heavy atom. The fourth-order valence-corrected chi connectivity index (χ4v) is 4.66. The standard InChI is InChI=1S/C15H27N3O5S.ClH/c1-2-18(15(20)9-16-8-13-4-3-6-23-13)10-14(19)17-12-5-7-24(21,22)11-12;/h12-13,16H,2-11H2,1H3,(H,17,19);1H. The van der Waals surface area contributed by atoms with Crippen LogP contribution in [0.2, 0.25) is 0 Å². The molecule has 8 nitrogen and oxygen atoms in total. The lowest BCUT2D eigenvalue weighted by Gasteiger charge is -2.22. The van der Waals surface area contributed by atoms with E-state index >= 15 is 0 Å². The summed E-state index contributed by atoms with van der Waals surface area (Å²) in [6.07, 6.45) is 2.67. The Hall–Kier alpha value is -0.900. The molecule has 2 N–H and O–H groups in total. The maximum Gasteiger partial charge on any atom is 0.239 e. The van der Waals surface area contributed by atoms with Crippen LogP contribution in [-0.2, 0) is 24.2 Å². The van der Waals surface area contributed by atoms with Gasteiger partial charge in [0.1, 0.15) is 0 Å². The van der Waals surface area contributed by atoms with E-state index < -0.39 is 9.84 Å². The molecule has 2 aliphatic heterocycles. The average Bonchev–Trinajstić information content (AvgIpc) is 3.14. The number of hydrogen-bond acceptors (Lipinski definition) is 6. The molecule has 2 aliphatic rings. The summed E-state index contributed by atoms with van der Waals surface area (Å²) in [6.45, 7) is 3.77. The molecule has 0 aliphatic carbocycles. The first-order valence-electron chi connectivity index (χ1n) is 8.49. The van der Waals surface area contributed by atoms with Crippen LogP contribution in [0.25, 0.3) is 0 Å². The highest BCUT2D eigenvalue weighted by Crippen LogP contribution is 2.11. The number of likely N-dealkylation sites (N-methyl/N-ethyl adjacent to an activating group) is 1. The second-order valence-electron chi connectivity index (χ2n) is 6.34.